The van der Waals surface area contributed by atoms with Crippen LogP contribution >= 0.6 is 0 Å². The van der Waals surface area contributed by atoms with E-state index in [2.05, 4.69) is 31.4 Å². The molecule has 0 saturated heterocycles. The lowest BCUT2D eigenvalue weighted by molar-refractivity contribution is -0.121. The van der Waals surface area contributed by atoms with Crippen LogP contribution in [0.3, 0.4) is 0 Å². The molecule has 0 radical (unpaired) electrons. The molecular formula is C25H34N2O3. The van der Waals surface area contributed by atoms with Crippen molar-refractivity contribution in [2.24, 2.45) is 0 Å². The average Bonchev–Trinajstić information content (AvgIpc) is 2.69. The smallest absolute Gasteiger partial charge is 0.251 e. The van der Waals surface area contributed by atoms with E-state index in [4.69, 9.17) is 4.74 Å². The van der Waals surface area contributed by atoms with Crippen LogP contribution in [-0.4, -0.2) is 31.5 Å². The number of para-hydroxylation sites is 1. The quantitative estimate of drug-likeness (QED) is 0.606. The minimum absolute atomic E-state index is 0.0381. The maximum Gasteiger partial charge on any atom is 0.251 e. The average molecular weight is 411 g/mol. The summed E-state index contributed by atoms with van der Waals surface area (Å²) >= 11 is 0. The van der Waals surface area contributed by atoms with Gasteiger partial charge in [-0.05, 0) is 54.5 Å². The van der Waals surface area contributed by atoms with E-state index in [0.29, 0.717) is 38.1 Å². The molecule has 2 aromatic rings. The van der Waals surface area contributed by atoms with Gasteiger partial charge in [0.25, 0.3) is 5.91 Å². The van der Waals surface area contributed by atoms with Crippen LogP contribution in [0.25, 0.3) is 0 Å². The van der Waals surface area contributed by atoms with Crippen molar-refractivity contribution < 1.29 is 14.3 Å². The second-order valence-corrected chi connectivity index (χ2v) is 8.61. The minimum atomic E-state index is -0.133. The number of benzene rings is 2. The molecule has 0 aliphatic carbocycles. The van der Waals surface area contributed by atoms with E-state index in [1.165, 1.54) is 5.56 Å². The van der Waals surface area contributed by atoms with Crippen LogP contribution in [0.1, 0.15) is 60.7 Å². The summed E-state index contributed by atoms with van der Waals surface area (Å²) < 4.78 is 5.82. The molecule has 0 bridgehead atoms. The van der Waals surface area contributed by atoms with Crippen LogP contribution in [-0.2, 0) is 10.2 Å². The molecule has 0 heterocycles. The molecule has 30 heavy (non-hydrogen) atoms. The topological polar surface area (TPSA) is 67.4 Å². The van der Waals surface area contributed by atoms with E-state index < -0.39 is 0 Å². The summed E-state index contributed by atoms with van der Waals surface area (Å²) in [7, 11) is 0. The zero-order chi connectivity index (χ0) is 22.1. The van der Waals surface area contributed by atoms with Crippen LogP contribution in [0, 0.1) is 13.8 Å². The van der Waals surface area contributed by atoms with Crippen molar-refractivity contribution in [3.05, 3.63) is 64.7 Å². The normalized spacial score (nSPS) is 11.1. The van der Waals surface area contributed by atoms with Crippen molar-refractivity contribution in [2.45, 2.75) is 52.9 Å². The number of carbonyl (C=O) groups excluding carboxylic acids is 2. The number of hydrogen-bond donors (Lipinski definition) is 2. The van der Waals surface area contributed by atoms with Crippen LogP contribution < -0.4 is 15.4 Å². The predicted octanol–water partition coefficient (Wildman–Crippen LogP) is 4.31. The van der Waals surface area contributed by atoms with Crippen molar-refractivity contribution in [1.82, 2.24) is 10.6 Å². The standard InChI is InChI=1S/C25H34N2O3/c1-18-8-6-9-19(2)23(18)30-17-7-10-22(28)26-15-16-27-24(29)20-11-13-21(14-12-20)25(3,4)5/h6,8-9,11-14H,7,10,15-17H2,1-5H3,(H,26,28)(H,27,29). The van der Waals surface area contributed by atoms with Crippen LogP contribution in [0.15, 0.2) is 42.5 Å². The third-order valence-corrected chi connectivity index (χ3v) is 4.95. The number of hydrogen-bond acceptors (Lipinski definition) is 3. The summed E-state index contributed by atoms with van der Waals surface area (Å²) in [6.07, 6.45) is 1.04. The second-order valence-electron chi connectivity index (χ2n) is 8.61. The van der Waals surface area contributed by atoms with E-state index in [9.17, 15) is 9.59 Å². The van der Waals surface area contributed by atoms with Crippen molar-refractivity contribution in [1.29, 1.82) is 0 Å². The molecule has 162 valence electrons. The highest BCUT2D eigenvalue weighted by atomic mass is 16.5. The highest BCUT2D eigenvalue weighted by molar-refractivity contribution is 5.94. The number of ether oxygens (including phenoxy) is 1. The molecule has 5 heteroatoms. The lowest BCUT2D eigenvalue weighted by Crippen LogP contribution is -2.34. The first kappa shape index (κ1) is 23.5. The Morgan fingerprint density at radius 2 is 1.50 bits per heavy atom. The van der Waals surface area contributed by atoms with Gasteiger partial charge in [0, 0.05) is 25.1 Å². The molecule has 0 saturated carbocycles. The molecule has 0 unspecified atom stereocenters. The zero-order valence-electron chi connectivity index (χ0n) is 18.8. The molecule has 0 atom stereocenters. The fourth-order valence-corrected chi connectivity index (χ4v) is 3.12. The SMILES string of the molecule is Cc1cccc(C)c1OCCCC(=O)NCCNC(=O)c1ccc(C(C)(C)C)cc1. The van der Waals surface area contributed by atoms with E-state index in [1.807, 2.05) is 56.3 Å². The van der Waals surface area contributed by atoms with Gasteiger partial charge >= 0.3 is 0 Å². The lowest BCUT2D eigenvalue weighted by Gasteiger charge is -2.19. The summed E-state index contributed by atoms with van der Waals surface area (Å²) in [5.41, 5.74) is 4.07. The molecule has 0 aliphatic heterocycles. The first-order chi connectivity index (χ1) is 14.2. The van der Waals surface area contributed by atoms with Crippen LogP contribution in [0.5, 0.6) is 5.75 Å². The van der Waals surface area contributed by atoms with E-state index in [-0.39, 0.29) is 17.2 Å². The Kier molecular flexibility index (Phi) is 8.46. The number of aryl methyl sites for hydroxylation is 2. The predicted molar refractivity (Wildman–Crippen MR) is 121 cm³/mol. The maximum atomic E-state index is 12.2. The lowest BCUT2D eigenvalue weighted by atomic mass is 9.87. The van der Waals surface area contributed by atoms with E-state index >= 15 is 0 Å². The molecule has 0 fully saturated rings. The Bertz CT molecular complexity index is 831. The van der Waals surface area contributed by atoms with Crippen molar-refractivity contribution in [3.8, 4) is 5.75 Å². The van der Waals surface area contributed by atoms with Gasteiger partial charge in [0.05, 0.1) is 6.61 Å². The molecular weight excluding hydrogens is 376 g/mol. The van der Waals surface area contributed by atoms with Gasteiger partial charge in [-0.2, -0.15) is 0 Å². The summed E-state index contributed by atoms with van der Waals surface area (Å²) in [5.74, 6) is 0.728. The Morgan fingerprint density at radius 3 is 2.10 bits per heavy atom. The number of nitrogens with one attached hydrogen (secondary N) is 2. The van der Waals surface area contributed by atoms with Crippen molar-refractivity contribution in [3.63, 3.8) is 0 Å². The molecule has 0 aliphatic rings. The van der Waals surface area contributed by atoms with Crippen molar-refractivity contribution >= 4 is 11.8 Å². The minimum Gasteiger partial charge on any atom is -0.493 e. The fourth-order valence-electron chi connectivity index (χ4n) is 3.12. The Hall–Kier alpha value is -2.82. The second kappa shape index (κ2) is 10.8. The van der Waals surface area contributed by atoms with Gasteiger partial charge in [0.2, 0.25) is 5.91 Å². The summed E-state index contributed by atoms with van der Waals surface area (Å²) in [6.45, 7) is 11.7. The van der Waals surface area contributed by atoms with Gasteiger partial charge in [0.1, 0.15) is 5.75 Å². The highest BCUT2D eigenvalue weighted by Crippen LogP contribution is 2.23. The highest BCUT2D eigenvalue weighted by Gasteiger charge is 2.14. The molecule has 2 aromatic carbocycles. The van der Waals surface area contributed by atoms with Gasteiger partial charge < -0.3 is 15.4 Å². The Labute approximate surface area is 180 Å². The van der Waals surface area contributed by atoms with E-state index in [1.54, 1.807) is 0 Å². The number of amides is 2. The summed E-state index contributed by atoms with van der Waals surface area (Å²) in [5, 5.41) is 5.67. The van der Waals surface area contributed by atoms with Gasteiger partial charge in [-0.15, -0.1) is 0 Å². The third-order valence-electron chi connectivity index (χ3n) is 4.95. The van der Waals surface area contributed by atoms with Gasteiger partial charge in [-0.1, -0.05) is 51.1 Å². The first-order valence-corrected chi connectivity index (χ1v) is 10.5. The summed E-state index contributed by atoms with van der Waals surface area (Å²) in [4.78, 5) is 24.2. The van der Waals surface area contributed by atoms with Crippen LogP contribution in [0.2, 0.25) is 0 Å². The van der Waals surface area contributed by atoms with Gasteiger partial charge in [0.15, 0.2) is 0 Å². The summed E-state index contributed by atoms with van der Waals surface area (Å²) in [6, 6.07) is 13.7. The molecule has 2 N–H and O–H groups in total. The van der Waals surface area contributed by atoms with Crippen molar-refractivity contribution in [2.75, 3.05) is 19.7 Å². The monoisotopic (exact) mass is 410 g/mol. The zero-order valence-corrected chi connectivity index (χ0v) is 18.8. The molecule has 2 amide bonds. The van der Waals surface area contributed by atoms with Gasteiger partial charge in [-0.25, -0.2) is 0 Å². The number of carbonyl (C=O) groups is 2. The maximum absolute atomic E-state index is 12.2. The third kappa shape index (κ3) is 7.21. The molecule has 0 spiro atoms. The Morgan fingerprint density at radius 1 is 0.900 bits per heavy atom. The molecule has 2 rings (SSSR count). The number of rotatable bonds is 9. The van der Waals surface area contributed by atoms with Crippen LogP contribution in [0.4, 0.5) is 0 Å². The molecule has 0 aromatic heterocycles. The Balaban J connectivity index is 1.62. The first-order valence-electron chi connectivity index (χ1n) is 10.5. The molecule has 5 nitrogen and oxygen atoms in total. The van der Waals surface area contributed by atoms with E-state index in [0.717, 1.165) is 16.9 Å². The van der Waals surface area contributed by atoms with Gasteiger partial charge in [-0.3, -0.25) is 9.59 Å². The fraction of sp³-hybridized carbons (Fsp3) is 0.440. The largest absolute Gasteiger partial charge is 0.493 e.